The molecule has 32 heavy (non-hydrogen) atoms. The van der Waals surface area contributed by atoms with E-state index in [-0.39, 0.29) is 22.0 Å². The Balaban J connectivity index is 1.64. The molecule has 0 aliphatic carbocycles. The van der Waals surface area contributed by atoms with Crippen LogP contribution >= 0.6 is 0 Å². The van der Waals surface area contributed by atoms with Crippen molar-refractivity contribution in [3.63, 3.8) is 0 Å². The topological polar surface area (TPSA) is 124 Å². The van der Waals surface area contributed by atoms with Gasteiger partial charge < -0.3 is 14.8 Å². The molecule has 1 amide bonds. The summed E-state index contributed by atoms with van der Waals surface area (Å²) in [6.07, 6.45) is 3.56. The van der Waals surface area contributed by atoms with Crippen LogP contribution in [0.2, 0.25) is 0 Å². The molecule has 0 bridgehead atoms. The van der Waals surface area contributed by atoms with Crippen molar-refractivity contribution in [2.45, 2.75) is 31.7 Å². The molecule has 0 unspecified atom stereocenters. The number of pyridine rings is 1. The van der Waals surface area contributed by atoms with Gasteiger partial charge in [0.15, 0.2) is 4.90 Å². The van der Waals surface area contributed by atoms with E-state index in [2.05, 4.69) is 20.1 Å². The highest BCUT2D eigenvalue weighted by Gasteiger charge is 2.25. The minimum Gasteiger partial charge on any atom is -0.480 e. The SMILES string of the molecule is COc1ncc(NC(=O)c2cnn3c2OCCC3)cc1S(=O)(=O)Nc1c(C)cccc1C. The zero-order valence-corrected chi connectivity index (χ0v) is 18.7. The number of methoxy groups -OCH3 is 1. The second-order valence-corrected chi connectivity index (χ2v) is 9.00. The number of carbonyl (C=O) groups is 1. The van der Waals surface area contributed by atoms with E-state index in [1.165, 1.54) is 25.6 Å². The van der Waals surface area contributed by atoms with Gasteiger partial charge in [-0.15, -0.1) is 0 Å². The number of ether oxygens (including phenoxy) is 2. The van der Waals surface area contributed by atoms with Crippen LogP contribution in [0.15, 0.2) is 41.6 Å². The van der Waals surface area contributed by atoms with E-state index in [0.717, 1.165) is 17.5 Å². The van der Waals surface area contributed by atoms with E-state index in [9.17, 15) is 13.2 Å². The molecule has 168 valence electrons. The van der Waals surface area contributed by atoms with Crippen molar-refractivity contribution in [1.82, 2.24) is 14.8 Å². The number of anilines is 2. The smallest absolute Gasteiger partial charge is 0.267 e. The maximum atomic E-state index is 13.2. The zero-order chi connectivity index (χ0) is 22.9. The molecule has 1 aromatic carbocycles. The van der Waals surface area contributed by atoms with Gasteiger partial charge in [0.05, 0.1) is 37.5 Å². The van der Waals surface area contributed by atoms with Crippen LogP contribution in [0.4, 0.5) is 11.4 Å². The van der Waals surface area contributed by atoms with Crippen molar-refractivity contribution in [3.05, 3.63) is 53.3 Å². The summed E-state index contributed by atoms with van der Waals surface area (Å²) in [5.74, 6) is -0.182. The van der Waals surface area contributed by atoms with Gasteiger partial charge in [-0.3, -0.25) is 9.52 Å². The third kappa shape index (κ3) is 4.11. The van der Waals surface area contributed by atoms with E-state index in [1.807, 2.05) is 32.0 Å². The van der Waals surface area contributed by atoms with Crippen molar-refractivity contribution in [2.24, 2.45) is 0 Å². The lowest BCUT2D eigenvalue weighted by Gasteiger charge is -2.16. The quantitative estimate of drug-likeness (QED) is 0.583. The Morgan fingerprint density at radius 2 is 1.97 bits per heavy atom. The van der Waals surface area contributed by atoms with E-state index < -0.39 is 15.9 Å². The fraction of sp³-hybridized carbons (Fsp3) is 0.286. The first-order valence-corrected chi connectivity index (χ1v) is 11.4. The largest absolute Gasteiger partial charge is 0.480 e. The van der Waals surface area contributed by atoms with E-state index in [1.54, 1.807) is 4.68 Å². The summed E-state index contributed by atoms with van der Waals surface area (Å²) in [6, 6.07) is 6.77. The number of para-hydroxylation sites is 1. The number of rotatable bonds is 6. The fourth-order valence-corrected chi connectivity index (χ4v) is 4.78. The molecule has 0 spiro atoms. The minimum atomic E-state index is -4.06. The van der Waals surface area contributed by atoms with Gasteiger partial charge in [0, 0.05) is 13.0 Å². The number of hydrogen-bond donors (Lipinski definition) is 2. The van der Waals surface area contributed by atoms with Gasteiger partial charge in [0.25, 0.3) is 15.9 Å². The molecule has 0 fully saturated rings. The third-order valence-corrected chi connectivity index (χ3v) is 6.41. The Kier molecular flexibility index (Phi) is 5.74. The highest BCUT2D eigenvalue weighted by molar-refractivity contribution is 7.92. The van der Waals surface area contributed by atoms with Crippen molar-refractivity contribution >= 4 is 27.3 Å². The summed E-state index contributed by atoms with van der Waals surface area (Å²) in [5.41, 5.74) is 2.48. The average molecular weight is 458 g/mol. The van der Waals surface area contributed by atoms with Gasteiger partial charge in [0.2, 0.25) is 11.8 Å². The Morgan fingerprint density at radius 1 is 1.22 bits per heavy atom. The van der Waals surface area contributed by atoms with Gasteiger partial charge in [-0.05, 0) is 31.0 Å². The summed E-state index contributed by atoms with van der Waals surface area (Å²) in [7, 11) is -2.73. The molecule has 3 aromatic rings. The first-order valence-electron chi connectivity index (χ1n) is 9.93. The van der Waals surface area contributed by atoms with Crippen LogP contribution in [0, 0.1) is 13.8 Å². The lowest BCUT2D eigenvalue weighted by Crippen LogP contribution is -2.19. The molecule has 3 heterocycles. The number of hydrogen-bond acceptors (Lipinski definition) is 7. The van der Waals surface area contributed by atoms with Crippen LogP contribution in [0.3, 0.4) is 0 Å². The normalized spacial score (nSPS) is 13.1. The Hall–Kier alpha value is -3.60. The number of nitrogens with one attached hydrogen (secondary N) is 2. The molecule has 11 heteroatoms. The highest BCUT2D eigenvalue weighted by atomic mass is 32.2. The maximum absolute atomic E-state index is 13.2. The molecule has 0 atom stereocenters. The monoisotopic (exact) mass is 457 g/mol. The molecular weight excluding hydrogens is 434 g/mol. The Labute approximate surface area is 185 Å². The molecule has 10 nitrogen and oxygen atoms in total. The number of nitrogens with zero attached hydrogens (tertiary/aromatic N) is 3. The Bertz CT molecular complexity index is 1270. The summed E-state index contributed by atoms with van der Waals surface area (Å²) in [4.78, 5) is 16.6. The third-order valence-electron chi connectivity index (χ3n) is 5.07. The maximum Gasteiger partial charge on any atom is 0.267 e. The van der Waals surface area contributed by atoms with Crippen LogP contribution < -0.4 is 19.5 Å². The number of sulfonamides is 1. The summed E-state index contributed by atoms with van der Waals surface area (Å²) >= 11 is 0. The number of amides is 1. The van der Waals surface area contributed by atoms with Crippen molar-refractivity contribution in [3.8, 4) is 11.8 Å². The van der Waals surface area contributed by atoms with Gasteiger partial charge in [-0.25, -0.2) is 18.1 Å². The van der Waals surface area contributed by atoms with Gasteiger partial charge >= 0.3 is 0 Å². The van der Waals surface area contributed by atoms with Gasteiger partial charge in [-0.1, -0.05) is 18.2 Å². The number of aromatic nitrogens is 3. The fourth-order valence-electron chi connectivity index (χ4n) is 3.43. The van der Waals surface area contributed by atoms with Crippen molar-refractivity contribution in [1.29, 1.82) is 0 Å². The zero-order valence-electron chi connectivity index (χ0n) is 17.9. The first kappa shape index (κ1) is 21.6. The van der Waals surface area contributed by atoms with Crippen LogP contribution in [-0.4, -0.2) is 42.8 Å². The molecule has 1 aliphatic rings. The van der Waals surface area contributed by atoms with Crippen LogP contribution in [0.1, 0.15) is 27.9 Å². The second-order valence-electron chi connectivity index (χ2n) is 7.35. The molecule has 1 aliphatic heterocycles. The predicted octanol–water partition coefficient (Wildman–Crippen LogP) is 2.74. The van der Waals surface area contributed by atoms with Crippen molar-refractivity contribution in [2.75, 3.05) is 23.8 Å². The molecule has 2 N–H and O–H groups in total. The van der Waals surface area contributed by atoms with Crippen LogP contribution in [0.5, 0.6) is 11.8 Å². The summed E-state index contributed by atoms with van der Waals surface area (Å²) < 4.78 is 41.3. The average Bonchev–Trinajstić information content (AvgIpc) is 3.21. The number of benzene rings is 1. The summed E-state index contributed by atoms with van der Waals surface area (Å²) in [5, 5.41) is 6.82. The number of aryl methyl sites for hydroxylation is 3. The lowest BCUT2D eigenvalue weighted by atomic mass is 10.1. The summed E-state index contributed by atoms with van der Waals surface area (Å²) in [6.45, 7) is 4.79. The molecule has 0 radical (unpaired) electrons. The second kappa shape index (κ2) is 8.50. The molecule has 0 saturated heterocycles. The van der Waals surface area contributed by atoms with Crippen molar-refractivity contribution < 1.29 is 22.7 Å². The van der Waals surface area contributed by atoms with E-state index in [4.69, 9.17) is 9.47 Å². The van der Waals surface area contributed by atoms with Crippen LogP contribution in [0.25, 0.3) is 0 Å². The van der Waals surface area contributed by atoms with E-state index >= 15 is 0 Å². The number of fused-ring (bicyclic) bond motifs is 1. The number of carbonyl (C=O) groups excluding carboxylic acids is 1. The molecule has 4 rings (SSSR count). The van der Waals surface area contributed by atoms with Gasteiger partial charge in [0.1, 0.15) is 5.56 Å². The first-order chi connectivity index (χ1) is 15.3. The molecule has 2 aromatic heterocycles. The van der Waals surface area contributed by atoms with Gasteiger partial charge in [-0.2, -0.15) is 5.10 Å². The molecule has 0 saturated carbocycles. The Morgan fingerprint density at radius 3 is 2.69 bits per heavy atom. The predicted molar refractivity (Wildman–Crippen MR) is 118 cm³/mol. The standard InChI is InChI=1S/C21H23N5O5S/c1-13-6-4-7-14(2)18(13)25-32(28,29)17-10-15(11-22-20(17)30-3)24-19(27)16-12-23-26-8-5-9-31-21(16)26/h4,6-7,10-12,25H,5,8-9H2,1-3H3,(H,24,27). The van der Waals surface area contributed by atoms with Crippen LogP contribution in [-0.2, 0) is 16.6 Å². The highest BCUT2D eigenvalue weighted by Crippen LogP contribution is 2.30. The lowest BCUT2D eigenvalue weighted by molar-refractivity contribution is 0.102. The minimum absolute atomic E-state index is 0.0898. The van der Waals surface area contributed by atoms with E-state index in [0.29, 0.717) is 24.7 Å². The molecular formula is C21H23N5O5S.